The molecule has 2 heterocycles. The van der Waals surface area contributed by atoms with Gasteiger partial charge in [0.15, 0.2) is 17.8 Å². The van der Waals surface area contributed by atoms with Gasteiger partial charge in [-0.3, -0.25) is 23.7 Å². The summed E-state index contributed by atoms with van der Waals surface area (Å²) in [5.41, 5.74) is -1.70. The molecular formula is C29H31Cl2FN2O4S. The van der Waals surface area contributed by atoms with E-state index in [1.54, 1.807) is 43.4 Å². The summed E-state index contributed by atoms with van der Waals surface area (Å²) in [5.74, 6) is -0.773. The van der Waals surface area contributed by atoms with Crippen molar-refractivity contribution < 1.29 is 23.3 Å². The number of rotatable bonds is 8. The minimum absolute atomic E-state index is 0.0431. The maximum Gasteiger partial charge on any atom is 0.174 e. The van der Waals surface area contributed by atoms with Gasteiger partial charge in [-0.05, 0) is 56.3 Å². The number of pyridine rings is 1. The molecule has 1 aliphatic rings. The summed E-state index contributed by atoms with van der Waals surface area (Å²) < 4.78 is 27.6. The van der Waals surface area contributed by atoms with Gasteiger partial charge in [0.1, 0.15) is 5.82 Å². The van der Waals surface area contributed by atoms with Gasteiger partial charge in [0, 0.05) is 68.2 Å². The predicted octanol–water partition coefficient (Wildman–Crippen LogP) is 6.03. The van der Waals surface area contributed by atoms with Crippen molar-refractivity contribution in [2.45, 2.75) is 39.0 Å². The van der Waals surface area contributed by atoms with E-state index in [1.807, 2.05) is 13.8 Å². The van der Waals surface area contributed by atoms with Crippen LogP contribution in [-0.2, 0) is 23.1 Å². The van der Waals surface area contributed by atoms with Crippen LogP contribution in [0.15, 0.2) is 54.7 Å². The number of benzene rings is 2. The van der Waals surface area contributed by atoms with Crippen LogP contribution in [0.3, 0.4) is 0 Å². The third-order valence-corrected chi connectivity index (χ3v) is 8.48. The lowest BCUT2D eigenvalue weighted by molar-refractivity contribution is -0.0742. The van der Waals surface area contributed by atoms with E-state index < -0.39 is 28.3 Å². The largest absolute Gasteiger partial charge is 0.367 e. The Morgan fingerprint density at radius 1 is 1.13 bits per heavy atom. The Balaban J connectivity index is 0.00000205. The second-order valence-electron chi connectivity index (χ2n) is 9.03. The van der Waals surface area contributed by atoms with Gasteiger partial charge in [0.25, 0.3) is 0 Å². The first-order valence-electron chi connectivity index (χ1n) is 12.6. The number of nitrogens with zero attached hydrogens (tertiary/aromatic N) is 2. The quantitative estimate of drug-likeness (QED) is 0.195. The summed E-state index contributed by atoms with van der Waals surface area (Å²) in [4.78, 5) is 31.0. The molecule has 1 aliphatic heterocycles. The van der Waals surface area contributed by atoms with Crippen LogP contribution in [0.1, 0.15) is 64.2 Å². The lowest BCUT2D eigenvalue weighted by atomic mass is 9.85. The Hall–Kier alpha value is -2.49. The van der Waals surface area contributed by atoms with Crippen molar-refractivity contribution >= 4 is 46.1 Å². The van der Waals surface area contributed by atoms with E-state index in [0.717, 1.165) is 6.07 Å². The molecular weight excluding hydrogens is 562 g/mol. The second kappa shape index (κ2) is 13.7. The van der Waals surface area contributed by atoms with Crippen LogP contribution in [0.25, 0.3) is 0 Å². The van der Waals surface area contributed by atoms with Crippen LogP contribution in [0.4, 0.5) is 4.39 Å². The van der Waals surface area contributed by atoms with E-state index in [4.69, 9.17) is 23.2 Å². The third-order valence-electron chi connectivity index (χ3n) is 6.63. The normalized spacial score (nSPS) is 18.6. The van der Waals surface area contributed by atoms with Gasteiger partial charge >= 0.3 is 0 Å². The molecule has 1 unspecified atom stereocenters. The molecule has 6 nitrogen and oxygen atoms in total. The maximum atomic E-state index is 15.9. The summed E-state index contributed by atoms with van der Waals surface area (Å²) >= 11 is 12.0. The van der Waals surface area contributed by atoms with Crippen LogP contribution in [0.5, 0.6) is 0 Å². The molecule has 10 heteroatoms. The highest BCUT2D eigenvalue weighted by Crippen LogP contribution is 2.38. The number of Topliss-reactive ketones (excluding diaryl/α,β-unsaturated/α-hetero) is 1. The highest BCUT2D eigenvalue weighted by molar-refractivity contribution is 7.85. The SMILES string of the molecule is CC.CN(Cc1ccc(Cl)cn1)C(O)(c1ccc(Cl)cc1)c1c(F)cc(C(=O)C2CCS(=O)CC2)cc1C=O. The molecule has 0 saturated carbocycles. The van der Waals surface area contributed by atoms with Crippen LogP contribution in [-0.4, -0.2) is 49.8 Å². The third kappa shape index (κ3) is 6.99. The van der Waals surface area contributed by atoms with Crippen LogP contribution in [0, 0.1) is 11.7 Å². The summed E-state index contributed by atoms with van der Waals surface area (Å²) in [7, 11) is 0.620. The number of carbonyl (C=O) groups excluding carboxylic acids is 2. The molecule has 1 fully saturated rings. The van der Waals surface area contributed by atoms with Gasteiger partial charge in [0.2, 0.25) is 0 Å². The predicted molar refractivity (Wildman–Crippen MR) is 153 cm³/mol. The fraction of sp³-hybridized carbons (Fsp3) is 0.345. The fourth-order valence-electron chi connectivity index (χ4n) is 4.62. The summed E-state index contributed by atoms with van der Waals surface area (Å²) in [6, 6.07) is 11.9. The fourth-order valence-corrected chi connectivity index (χ4v) is 6.15. The number of ketones is 1. The zero-order valence-corrected chi connectivity index (χ0v) is 24.3. The minimum atomic E-state index is -2.12. The minimum Gasteiger partial charge on any atom is -0.367 e. The van der Waals surface area contributed by atoms with E-state index in [0.29, 0.717) is 46.4 Å². The molecule has 0 spiro atoms. The van der Waals surface area contributed by atoms with E-state index in [-0.39, 0.29) is 34.6 Å². The molecule has 1 atom stereocenters. The standard InChI is InChI=1S/C27H25Cl2FN2O4S.C2H6/c1-32(15-23-7-6-22(29)14-31-23)27(35,20-2-4-21(28)5-3-20)25-19(16-33)12-18(13-24(25)30)26(34)17-8-10-37(36)11-9-17;1-2/h2-7,12-14,16-17,35H,8-11,15H2,1H3;1-2H3. The zero-order valence-electron chi connectivity index (χ0n) is 22.0. The molecule has 0 bridgehead atoms. The molecule has 39 heavy (non-hydrogen) atoms. The number of aromatic nitrogens is 1. The molecule has 1 N–H and O–H groups in total. The van der Waals surface area contributed by atoms with Crippen molar-refractivity contribution in [2.75, 3.05) is 18.6 Å². The first-order valence-corrected chi connectivity index (χ1v) is 14.9. The molecule has 0 radical (unpaired) electrons. The van der Waals surface area contributed by atoms with Crippen molar-refractivity contribution in [1.82, 2.24) is 9.88 Å². The topological polar surface area (TPSA) is 87.6 Å². The summed E-state index contributed by atoms with van der Waals surface area (Å²) in [6.07, 6.45) is 2.78. The number of aliphatic hydroxyl groups is 1. The molecule has 0 aliphatic carbocycles. The van der Waals surface area contributed by atoms with Gasteiger partial charge in [-0.25, -0.2) is 4.39 Å². The molecule has 1 aromatic heterocycles. The Kier molecular flexibility index (Phi) is 10.9. The van der Waals surface area contributed by atoms with Crippen LogP contribution in [0.2, 0.25) is 10.0 Å². The van der Waals surface area contributed by atoms with Crippen LogP contribution < -0.4 is 0 Å². The van der Waals surface area contributed by atoms with E-state index >= 15 is 4.39 Å². The first kappa shape index (κ1) is 31.0. The van der Waals surface area contributed by atoms with E-state index in [2.05, 4.69) is 4.98 Å². The molecule has 208 valence electrons. The van der Waals surface area contributed by atoms with Crippen molar-refractivity contribution in [2.24, 2.45) is 5.92 Å². The smallest absolute Gasteiger partial charge is 0.174 e. The second-order valence-corrected chi connectivity index (χ2v) is 11.6. The molecule has 1 saturated heterocycles. The average molecular weight is 594 g/mol. The van der Waals surface area contributed by atoms with Gasteiger partial charge in [-0.15, -0.1) is 0 Å². The number of hydrogen-bond acceptors (Lipinski definition) is 6. The van der Waals surface area contributed by atoms with Gasteiger partial charge < -0.3 is 5.11 Å². The highest BCUT2D eigenvalue weighted by atomic mass is 35.5. The number of aldehydes is 1. The molecule has 2 aromatic carbocycles. The zero-order chi connectivity index (χ0) is 28.7. The average Bonchev–Trinajstić information content (AvgIpc) is 2.94. The molecule has 0 amide bonds. The van der Waals surface area contributed by atoms with E-state index in [1.165, 1.54) is 17.2 Å². The van der Waals surface area contributed by atoms with Crippen LogP contribution >= 0.6 is 23.2 Å². The lowest BCUT2D eigenvalue weighted by Crippen LogP contribution is -2.46. The van der Waals surface area contributed by atoms with Crippen molar-refractivity contribution in [3.05, 3.63) is 98.5 Å². The van der Waals surface area contributed by atoms with Crippen molar-refractivity contribution in [1.29, 1.82) is 0 Å². The van der Waals surface area contributed by atoms with Gasteiger partial charge in [-0.1, -0.05) is 49.2 Å². The first-order chi connectivity index (χ1) is 18.6. The number of halogens is 3. The monoisotopic (exact) mass is 592 g/mol. The summed E-state index contributed by atoms with van der Waals surface area (Å²) in [6.45, 7) is 4.08. The molecule has 3 aromatic rings. The van der Waals surface area contributed by atoms with Gasteiger partial charge in [-0.2, -0.15) is 0 Å². The number of carbonyl (C=O) groups is 2. The van der Waals surface area contributed by atoms with Gasteiger partial charge in [0.05, 0.1) is 10.7 Å². The Morgan fingerprint density at radius 3 is 2.31 bits per heavy atom. The Labute approximate surface area is 240 Å². The van der Waals surface area contributed by atoms with Crippen molar-refractivity contribution in [3.63, 3.8) is 0 Å². The Morgan fingerprint density at radius 2 is 1.74 bits per heavy atom. The highest BCUT2D eigenvalue weighted by Gasteiger charge is 2.41. The Bertz CT molecular complexity index is 1330. The number of hydrogen-bond donors (Lipinski definition) is 1. The molecule has 4 rings (SSSR count). The lowest BCUT2D eigenvalue weighted by Gasteiger charge is -2.39. The van der Waals surface area contributed by atoms with Crippen molar-refractivity contribution in [3.8, 4) is 0 Å². The maximum absolute atomic E-state index is 15.9. The van der Waals surface area contributed by atoms with E-state index in [9.17, 15) is 18.9 Å². The summed E-state index contributed by atoms with van der Waals surface area (Å²) in [5, 5.41) is 13.0.